The van der Waals surface area contributed by atoms with Crippen LogP contribution < -0.4 is 5.32 Å². The number of amides is 1. The molecule has 4 aromatic heterocycles. The predicted molar refractivity (Wildman–Crippen MR) is 161 cm³/mol. The molecule has 0 unspecified atom stereocenters. The molecule has 0 bridgehead atoms. The fourth-order valence-corrected chi connectivity index (χ4v) is 7.58. The second-order valence-electron chi connectivity index (χ2n) is 11.8. The van der Waals surface area contributed by atoms with Crippen molar-refractivity contribution in [2.24, 2.45) is 0 Å². The van der Waals surface area contributed by atoms with Crippen molar-refractivity contribution >= 4 is 26.1 Å². The monoisotopic (exact) mass is 662 g/mol. The standard InChI is InChI=1S/C16H23N5O4S.C11H15N5O2S/c1-6-20-10-14(11(2)17-20)26(23,24)21-8-12-7-19(9-13(12)18-21)15(22)25-16(3,4)5;1-3-15-7-11(8(2)13-15)19(17,18)16-6-9-4-12-5-10(9)14-16/h8,10H,6-7,9H2,1-5H3;6-7,12H,3-5H2,1-2H3. The summed E-state index contributed by atoms with van der Waals surface area (Å²) in [5.41, 5.74) is 3.32. The minimum Gasteiger partial charge on any atom is -0.444 e. The molecule has 6 heterocycles. The van der Waals surface area contributed by atoms with Crippen molar-refractivity contribution in [3.8, 4) is 0 Å². The van der Waals surface area contributed by atoms with Crippen LogP contribution in [0, 0.1) is 13.8 Å². The molecule has 4 aromatic rings. The molecule has 0 atom stereocenters. The fourth-order valence-electron chi connectivity index (χ4n) is 4.89. The van der Waals surface area contributed by atoms with Crippen LogP contribution in [0.5, 0.6) is 0 Å². The minimum atomic E-state index is -3.82. The van der Waals surface area contributed by atoms with E-state index in [2.05, 4.69) is 25.7 Å². The number of fused-ring (bicyclic) bond motifs is 2. The fraction of sp³-hybridized carbons (Fsp3) is 0.519. The first-order valence-corrected chi connectivity index (χ1v) is 17.3. The number of hydrogen-bond donors (Lipinski definition) is 1. The van der Waals surface area contributed by atoms with Gasteiger partial charge in [0, 0.05) is 62.1 Å². The lowest BCUT2D eigenvalue weighted by Crippen LogP contribution is -2.33. The van der Waals surface area contributed by atoms with Crippen LogP contribution in [0.1, 0.15) is 68.5 Å². The number of nitrogens with one attached hydrogen (secondary N) is 1. The van der Waals surface area contributed by atoms with Gasteiger partial charge in [0.2, 0.25) is 0 Å². The van der Waals surface area contributed by atoms with E-state index in [4.69, 9.17) is 4.74 Å². The number of rotatable bonds is 6. The van der Waals surface area contributed by atoms with Gasteiger partial charge >= 0.3 is 6.09 Å². The van der Waals surface area contributed by atoms with E-state index in [1.165, 1.54) is 17.3 Å². The zero-order chi connectivity index (χ0) is 32.9. The number of aryl methyl sites for hydroxylation is 4. The molecule has 45 heavy (non-hydrogen) atoms. The zero-order valence-electron chi connectivity index (χ0n) is 26.3. The Hall–Kier alpha value is -4.03. The van der Waals surface area contributed by atoms with E-state index in [9.17, 15) is 21.6 Å². The second-order valence-corrected chi connectivity index (χ2v) is 15.3. The van der Waals surface area contributed by atoms with Gasteiger partial charge in [-0.15, -0.1) is 0 Å². The summed E-state index contributed by atoms with van der Waals surface area (Å²) < 4.78 is 61.3. The Bertz CT molecular complexity index is 1920. The van der Waals surface area contributed by atoms with Gasteiger partial charge in [0.1, 0.15) is 15.4 Å². The Morgan fingerprint density at radius 1 is 0.778 bits per heavy atom. The number of ether oxygens (including phenoxy) is 1. The van der Waals surface area contributed by atoms with E-state index in [0.29, 0.717) is 48.8 Å². The molecule has 16 nitrogen and oxygen atoms in total. The lowest BCUT2D eigenvalue weighted by molar-refractivity contribution is 0.0239. The largest absolute Gasteiger partial charge is 0.444 e. The van der Waals surface area contributed by atoms with Gasteiger partial charge < -0.3 is 10.1 Å². The van der Waals surface area contributed by atoms with Gasteiger partial charge in [0.15, 0.2) is 0 Å². The Kier molecular flexibility index (Phi) is 8.43. The number of aromatic nitrogens is 8. The van der Waals surface area contributed by atoms with Crippen molar-refractivity contribution < 1.29 is 26.4 Å². The van der Waals surface area contributed by atoms with Crippen molar-refractivity contribution in [3.63, 3.8) is 0 Å². The van der Waals surface area contributed by atoms with Gasteiger partial charge in [0.05, 0.1) is 35.9 Å². The first-order chi connectivity index (χ1) is 21.0. The number of nitrogens with zero attached hydrogens (tertiary/aromatic N) is 9. The summed E-state index contributed by atoms with van der Waals surface area (Å²) in [4.78, 5) is 14.0. The van der Waals surface area contributed by atoms with E-state index in [1.54, 1.807) is 56.4 Å². The molecule has 0 saturated heterocycles. The third kappa shape index (κ3) is 6.39. The van der Waals surface area contributed by atoms with Crippen LogP contribution in [-0.4, -0.2) is 71.4 Å². The molecule has 2 aliphatic rings. The van der Waals surface area contributed by atoms with Gasteiger partial charge in [-0.2, -0.15) is 45.4 Å². The van der Waals surface area contributed by atoms with Crippen LogP contribution in [0.3, 0.4) is 0 Å². The SMILES string of the molecule is CCn1cc(S(=O)(=O)n2cc3c(n2)CN(C(=O)OC(C)(C)C)C3)c(C)n1.CCn1cc(S(=O)(=O)n2cc3c(n2)CNC3)c(C)n1. The molecule has 0 aliphatic carbocycles. The second kappa shape index (κ2) is 11.7. The third-order valence-electron chi connectivity index (χ3n) is 7.17. The van der Waals surface area contributed by atoms with Crippen molar-refractivity contribution in [1.82, 2.24) is 48.1 Å². The van der Waals surface area contributed by atoms with Crippen LogP contribution in [0.2, 0.25) is 0 Å². The van der Waals surface area contributed by atoms with E-state index < -0.39 is 31.7 Å². The highest BCUT2D eigenvalue weighted by Gasteiger charge is 2.33. The summed E-state index contributed by atoms with van der Waals surface area (Å²) >= 11 is 0. The van der Waals surface area contributed by atoms with Gasteiger partial charge in [-0.3, -0.25) is 14.3 Å². The molecule has 0 spiro atoms. The molecular weight excluding hydrogens is 624 g/mol. The summed E-state index contributed by atoms with van der Waals surface area (Å²) in [5, 5.41) is 19.8. The average Bonchev–Trinajstić information content (AvgIpc) is 3.76. The highest BCUT2D eigenvalue weighted by Crippen LogP contribution is 2.26. The Balaban J connectivity index is 0.000000186. The van der Waals surface area contributed by atoms with E-state index in [0.717, 1.165) is 19.4 Å². The van der Waals surface area contributed by atoms with Crippen molar-refractivity contribution in [2.75, 3.05) is 0 Å². The van der Waals surface area contributed by atoms with Gasteiger partial charge in [-0.05, 0) is 48.5 Å². The zero-order valence-corrected chi connectivity index (χ0v) is 28.0. The maximum absolute atomic E-state index is 12.8. The summed E-state index contributed by atoms with van der Waals surface area (Å²) in [6, 6.07) is 0. The first-order valence-electron chi connectivity index (χ1n) is 14.5. The normalized spacial score (nSPS) is 14.7. The van der Waals surface area contributed by atoms with E-state index >= 15 is 0 Å². The van der Waals surface area contributed by atoms with Crippen LogP contribution in [0.15, 0.2) is 34.6 Å². The van der Waals surface area contributed by atoms with Crippen LogP contribution in [-0.2, 0) is 64.1 Å². The number of carbonyl (C=O) groups excluding carboxylic acids is 1. The molecule has 1 amide bonds. The minimum absolute atomic E-state index is 0.129. The molecule has 6 rings (SSSR count). The van der Waals surface area contributed by atoms with Gasteiger partial charge in [-0.1, -0.05) is 0 Å². The van der Waals surface area contributed by atoms with Crippen molar-refractivity contribution in [2.45, 2.75) is 103 Å². The van der Waals surface area contributed by atoms with Crippen LogP contribution in [0.4, 0.5) is 4.79 Å². The highest BCUT2D eigenvalue weighted by atomic mass is 32.2. The lowest BCUT2D eigenvalue weighted by atomic mass is 10.2. The topological polar surface area (TPSA) is 181 Å². The molecule has 244 valence electrons. The van der Waals surface area contributed by atoms with Crippen molar-refractivity contribution in [1.29, 1.82) is 0 Å². The molecular formula is C27H38N10O6S2. The summed E-state index contributed by atoms with van der Waals surface area (Å²) in [5.74, 6) is 0. The number of carbonyl (C=O) groups is 1. The molecule has 0 saturated carbocycles. The molecule has 2 aliphatic heterocycles. The summed E-state index contributed by atoms with van der Waals surface area (Å²) in [7, 11) is -7.46. The predicted octanol–water partition coefficient (Wildman–Crippen LogP) is 2.14. The van der Waals surface area contributed by atoms with Gasteiger partial charge in [-0.25, -0.2) is 4.79 Å². The number of hydrogen-bond acceptors (Lipinski definition) is 11. The lowest BCUT2D eigenvalue weighted by Gasteiger charge is -2.24. The quantitative estimate of drug-likeness (QED) is 0.319. The Labute approximate surface area is 262 Å². The average molecular weight is 663 g/mol. The molecule has 1 N–H and O–H groups in total. The Morgan fingerprint density at radius 3 is 1.73 bits per heavy atom. The van der Waals surface area contributed by atoms with Gasteiger partial charge in [0.25, 0.3) is 20.0 Å². The molecule has 0 aromatic carbocycles. The summed E-state index contributed by atoms with van der Waals surface area (Å²) in [6.45, 7) is 15.5. The Morgan fingerprint density at radius 2 is 1.29 bits per heavy atom. The molecule has 0 fully saturated rings. The molecule has 0 radical (unpaired) electrons. The summed E-state index contributed by atoms with van der Waals surface area (Å²) in [6.07, 6.45) is 5.65. The third-order valence-corrected chi connectivity index (χ3v) is 10.4. The van der Waals surface area contributed by atoms with E-state index in [-0.39, 0.29) is 22.9 Å². The highest BCUT2D eigenvalue weighted by molar-refractivity contribution is 7.90. The van der Waals surface area contributed by atoms with Crippen LogP contribution in [0.25, 0.3) is 0 Å². The maximum Gasteiger partial charge on any atom is 0.410 e. The van der Waals surface area contributed by atoms with Crippen LogP contribution >= 0.6 is 0 Å². The van der Waals surface area contributed by atoms with E-state index in [1.807, 2.05) is 13.8 Å². The smallest absolute Gasteiger partial charge is 0.410 e. The van der Waals surface area contributed by atoms with Crippen molar-refractivity contribution in [3.05, 3.63) is 58.7 Å². The maximum atomic E-state index is 12.8. The first kappa shape index (κ1) is 32.4. The molecule has 18 heteroatoms.